The van der Waals surface area contributed by atoms with Crippen LogP contribution in [0.2, 0.25) is 0 Å². The zero-order chi connectivity index (χ0) is 29.1. The second-order valence-electron chi connectivity index (χ2n) is 10.4. The number of carbonyl (C=O) groups is 1. The lowest BCUT2D eigenvalue weighted by Crippen LogP contribution is -2.26. The number of ether oxygens (including phenoxy) is 1. The Morgan fingerprint density at radius 1 is 1.00 bits per heavy atom. The smallest absolute Gasteiger partial charge is 0.303 e. The van der Waals surface area contributed by atoms with Gasteiger partial charge in [0, 0.05) is 18.3 Å². The summed E-state index contributed by atoms with van der Waals surface area (Å²) in [5.74, 6) is 5.86. The first-order valence-corrected chi connectivity index (χ1v) is 14.2. The Labute approximate surface area is 234 Å². The summed E-state index contributed by atoms with van der Waals surface area (Å²) in [5.41, 5.74) is 4.33. The summed E-state index contributed by atoms with van der Waals surface area (Å²) < 4.78 is 5.82. The van der Waals surface area contributed by atoms with Crippen LogP contribution in [0.1, 0.15) is 100 Å². The molecule has 212 valence electrons. The lowest BCUT2D eigenvalue weighted by molar-refractivity contribution is -0.137. The first-order valence-electron chi connectivity index (χ1n) is 14.2. The third-order valence-corrected chi connectivity index (χ3v) is 7.64. The fraction of sp³-hybridized carbons (Fsp3) is 0.500. The van der Waals surface area contributed by atoms with Crippen LogP contribution in [0.15, 0.2) is 42.5 Å². The predicted octanol–water partition coefficient (Wildman–Crippen LogP) is 6.97. The van der Waals surface area contributed by atoms with Crippen molar-refractivity contribution in [3.8, 4) is 17.6 Å². The number of aliphatic hydroxyl groups excluding tert-OH is 1. The van der Waals surface area contributed by atoms with Crippen molar-refractivity contribution in [3.05, 3.63) is 70.3 Å². The van der Waals surface area contributed by atoms with Crippen molar-refractivity contribution in [2.45, 2.75) is 104 Å². The molecule has 5 heteroatoms. The molecule has 0 spiro atoms. The number of carboxylic acids is 1. The van der Waals surface area contributed by atoms with E-state index in [0.717, 1.165) is 42.4 Å². The molecule has 0 aromatic heterocycles. The van der Waals surface area contributed by atoms with E-state index in [9.17, 15) is 15.0 Å². The number of hydrogen-bond donors (Lipinski definition) is 3. The van der Waals surface area contributed by atoms with Crippen LogP contribution in [-0.4, -0.2) is 39.6 Å². The fourth-order valence-corrected chi connectivity index (χ4v) is 4.88. The van der Waals surface area contributed by atoms with Gasteiger partial charge in [-0.3, -0.25) is 4.79 Å². The van der Waals surface area contributed by atoms with Gasteiger partial charge in [0.2, 0.25) is 0 Å². The Kier molecular flexibility index (Phi) is 12.3. The second kappa shape index (κ2) is 14.9. The molecule has 0 amide bonds. The standard InChI is InChI=1S/C34H46O5/c1-7-11-12-20-33(38,8-2)21-19-27-13-14-28(22-25(27)5)34(9-3,10-4)29-15-17-31(26(6)23-29)39-24-30(35)16-18-32(36)37/h13-15,17,19,21-23,30,35,38H,7-11,16,18,24H2,1-6H3,(H,36,37)/b21-19+/t30-,33?/m0/s1. The Morgan fingerprint density at radius 2 is 1.64 bits per heavy atom. The first kappa shape index (κ1) is 32.1. The SMILES string of the molecule is CCCC#CC(O)(/C=C/c1ccc(C(CC)(CC)c2ccc(OC[C@@H](O)CCC(=O)O)c(C)c2)cc1C)CC. The van der Waals surface area contributed by atoms with Gasteiger partial charge < -0.3 is 20.1 Å². The maximum Gasteiger partial charge on any atom is 0.303 e. The van der Waals surface area contributed by atoms with Crippen LogP contribution in [0.3, 0.4) is 0 Å². The van der Waals surface area contributed by atoms with Gasteiger partial charge in [0.25, 0.3) is 0 Å². The van der Waals surface area contributed by atoms with Crippen LogP contribution in [0.25, 0.3) is 6.08 Å². The number of aliphatic hydroxyl groups is 2. The van der Waals surface area contributed by atoms with E-state index < -0.39 is 17.7 Å². The topological polar surface area (TPSA) is 87.0 Å². The van der Waals surface area contributed by atoms with Gasteiger partial charge in [0.15, 0.2) is 0 Å². The number of aliphatic carboxylic acids is 1. The molecule has 0 aliphatic heterocycles. The van der Waals surface area contributed by atoms with Crippen molar-refractivity contribution in [2.24, 2.45) is 0 Å². The molecule has 2 aromatic carbocycles. The van der Waals surface area contributed by atoms with E-state index in [-0.39, 0.29) is 24.9 Å². The summed E-state index contributed by atoms with van der Waals surface area (Å²) >= 11 is 0. The third kappa shape index (κ3) is 8.71. The normalized spacial score (nSPS) is 13.9. The Balaban J connectivity index is 2.31. The molecule has 0 aliphatic carbocycles. The maximum atomic E-state index is 10.9. The number of benzene rings is 2. The van der Waals surface area contributed by atoms with E-state index in [0.29, 0.717) is 12.2 Å². The number of carboxylic acid groups (broad SMARTS) is 1. The summed E-state index contributed by atoms with van der Waals surface area (Å²) in [4.78, 5) is 10.7. The molecule has 2 atom stereocenters. The van der Waals surface area contributed by atoms with E-state index in [1.54, 1.807) is 0 Å². The number of aryl methyl sites for hydroxylation is 2. The molecule has 0 saturated carbocycles. The molecule has 0 heterocycles. The molecule has 5 nitrogen and oxygen atoms in total. The Hall–Kier alpha value is -3.07. The first-order chi connectivity index (χ1) is 18.5. The van der Waals surface area contributed by atoms with Crippen LogP contribution < -0.4 is 4.74 Å². The summed E-state index contributed by atoms with van der Waals surface area (Å²) in [6, 6.07) is 12.8. The van der Waals surface area contributed by atoms with Crippen LogP contribution in [0.4, 0.5) is 0 Å². The molecule has 0 fully saturated rings. The van der Waals surface area contributed by atoms with Gasteiger partial charge in [0.1, 0.15) is 18.0 Å². The number of hydrogen-bond acceptors (Lipinski definition) is 4. The van der Waals surface area contributed by atoms with Crippen LogP contribution in [0.5, 0.6) is 5.75 Å². The third-order valence-electron chi connectivity index (χ3n) is 7.64. The Morgan fingerprint density at radius 3 is 2.18 bits per heavy atom. The highest BCUT2D eigenvalue weighted by molar-refractivity contribution is 5.66. The van der Waals surface area contributed by atoms with Crippen LogP contribution >= 0.6 is 0 Å². The van der Waals surface area contributed by atoms with Crippen molar-refractivity contribution in [1.29, 1.82) is 0 Å². The van der Waals surface area contributed by atoms with Gasteiger partial charge >= 0.3 is 5.97 Å². The number of rotatable bonds is 14. The minimum atomic E-state index is -1.12. The van der Waals surface area contributed by atoms with Crippen molar-refractivity contribution in [3.63, 3.8) is 0 Å². The summed E-state index contributed by atoms with van der Waals surface area (Å²) in [7, 11) is 0. The minimum Gasteiger partial charge on any atom is -0.491 e. The van der Waals surface area contributed by atoms with Gasteiger partial charge in [-0.25, -0.2) is 0 Å². The Bertz CT molecular complexity index is 1180. The maximum absolute atomic E-state index is 10.9. The highest BCUT2D eigenvalue weighted by Crippen LogP contribution is 2.41. The zero-order valence-electron chi connectivity index (χ0n) is 24.5. The summed E-state index contributed by atoms with van der Waals surface area (Å²) in [6.45, 7) is 12.6. The monoisotopic (exact) mass is 534 g/mol. The van der Waals surface area contributed by atoms with Crippen molar-refractivity contribution in [1.82, 2.24) is 0 Å². The molecular formula is C34H46O5. The van der Waals surface area contributed by atoms with Gasteiger partial charge in [-0.1, -0.05) is 75.9 Å². The zero-order valence-corrected chi connectivity index (χ0v) is 24.5. The summed E-state index contributed by atoms with van der Waals surface area (Å²) in [5, 5.41) is 29.7. The summed E-state index contributed by atoms with van der Waals surface area (Å²) in [6.07, 6.45) is 7.18. The van der Waals surface area contributed by atoms with Gasteiger partial charge in [-0.05, 0) is 85.9 Å². The largest absolute Gasteiger partial charge is 0.491 e. The average molecular weight is 535 g/mol. The minimum absolute atomic E-state index is 0.0612. The average Bonchev–Trinajstić information content (AvgIpc) is 2.92. The molecule has 0 aliphatic rings. The predicted molar refractivity (Wildman–Crippen MR) is 159 cm³/mol. The molecule has 0 bridgehead atoms. The fourth-order valence-electron chi connectivity index (χ4n) is 4.88. The molecule has 2 aromatic rings. The lowest BCUT2D eigenvalue weighted by atomic mass is 9.70. The van der Waals surface area contributed by atoms with Crippen LogP contribution in [0, 0.1) is 25.7 Å². The van der Waals surface area contributed by atoms with Gasteiger partial charge in [-0.15, -0.1) is 0 Å². The lowest BCUT2D eigenvalue weighted by Gasteiger charge is -2.34. The van der Waals surface area contributed by atoms with E-state index in [1.807, 2.05) is 32.1 Å². The second-order valence-corrected chi connectivity index (χ2v) is 10.4. The van der Waals surface area contributed by atoms with Gasteiger partial charge in [-0.2, -0.15) is 0 Å². The van der Waals surface area contributed by atoms with Crippen molar-refractivity contribution >= 4 is 12.0 Å². The molecule has 0 radical (unpaired) electrons. The van der Waals surface area contributed by atoms with Crippen molar-refractivity contribution < 1.29 is 24.9 Å². The molecule has 39 heavy (non-hydrogen) atoms. The molecular weight excluding hydrogens is 488 g/mol. The van der Waals surface area contributed by atoms with Crippen molar-refractivity contribution in [2.75, 3.05) is 6.61 Å². The molecule has 2 rings (SSSR count). The van der Waals surface area contributed by atoms with E-state index in [2.05, 4.69) is 69.9 Å². The quantitative estimate of drug-likeness (QED) is 0.228. The highest BCUT2D eigenvalue weighted by atomic mass is 16.5. The highest BCUT2D eigenvalue weighted by Gasteiger charge is 2.31. The molecule has 3 N–H and O–H groups in total. The van der Waals surface area contributed by atoms with E-state index >= 15 is 0 Å². The molecule has 0 saturated heterocycles. The van der Waals surface area contributed by atoms with Crippen LogP contribution in [-0.2, 0) is 10.2 Å². The van der Waals surface area contributed by atoms with E-state index in [4.69, 9.17) is 9.84 Å². The molecule has 1 unspecified atom stereocenters. The van der Waals surface area contributed by atoms with E-state index in [1.165, 1.54) is 11.1 Å². The van der Waals surface area contributed by atoms with Gasteiger partial charge in [0.05, 0.1) is 6.10 Å². The number of unbranched alkanes of at least 4 members (excludes halogenated alkanes) is 1.